The molecule has 2 N–H and O–H groups in total. The lowest BCUT2D eigenvalue weighted by Gasteiger charge is -2.32. The van der Waals surface area contributed by atoms with Gasteiger partial charge in [-0.3, -0.25) is 4.79 Å². The Balaban J connectivity index is 2.16. The van der Waals surface area contributed by atoms with Crippen molar-refractivity contribution in [1.29, 1.82) is 0 Å². The first-order valence-electron chi connectivity index (χ1n) is 7.84. The van der Waals surface area contributed by atoms with Crippen LogP contribution in [0.25, 0.3) is 0 Å². The molecule has 0 aromatic heterocycles. The van der Waals surface area contributed by atoms with Gasteiger partial charge in [-0.25, -0.2) is 0 Å². The Bertz CT molecular complexity index is 474. The highest BCUT2D eigenvalue weighted by Gasteiger charge is 2.30. The third-order valence-electron chi connectivity index (χ3n) is 3.79. The van der Waals surface area contributed by atoms with Gasteiger partial charge >= 0.3 is 0 Å². The highest BCUT2D eigenvalue weighted by molar-refractivity contribution is 5.84. The van der Waals surface area contributed by atoms with Crippen LogP contribution in [0.15, 0.2) is 24.3 Å². The molecule has 21 heavy (non-hydrogen) atoms. The van der Waals surface area contributed by atoms with E-state index in [4.69, 9.17) is 10.5 Å². The number of hydrogen-bond acceptors (Lipinski definition) is 3. The van der Waals surface area contributed by atoms with Gasteiger partial charge in [0.1, 0.15) is 5.75 Å². The predicted molar refractivity (Wildman–Crippen MR) is 84.4 cm³/mol. The fraction of sp³-hybridized carbons (Fsp3) is 0.588. The average molecular weight is 290 g/mol. The summed E-state index contributed by atoms with van der Waals surface area (Å²) in [7, 11) is 0. The molecule has 0 bridgehead atoms. The van der Waals surface area contributed by atoms with Gasteiger partial charge in [-0.15, -0.1) is 0 Å². The molecule has 2 rings (SSSR count). The first-order valence-corrected chi connectivity index (χ1v) is 7.84. The van der Waals surface area contributed by atoms with Crippen molar-refractivity contribution in [2.24, 2.45) is 11.7 Å². The maximum absolute atomic E-state index is 12.9. The summed E-state index contributed by atoms with van der Waals surface area (Å²) < 4.78 is 5.66. The third-order valence-corrected chi connectivity index (χ3v) is 3.79. The van der Waals surface area contributed by atoms with Crippen molar-refractivity contribution in [3.05, 3.63) is 29.8 Å². The molecule has 0 spiro atoms. The molecule has 0 saturated carbocycles. The summed E-state index contributed by atoms with van der Waals surface area (Å²) in [6.07, 6.45) is 1.61. The van der Waals surface area contributed by atoms with Crippen LogP contribution in [-0.4, -0.2) is 37.0 Å². The van der Waals surface area contributed by atoms with Gasteiger partial charge in [-0.05, 0) is 31.4 Å². The topological polar surface area (TPSA) is 55.6 Å². The Kier molecular flexibility index (Phi) is 5.62. The molecule has 0 aliphatic carbocycles. The molecule has 4 nitrogen and oxygen atoms in total. The molecular weight excluding hydrogens is 264 g/mol. The van der Waals surface area contributed by atoms with Crippen molar-refractivity contribution in [2.45, 2.75) is 32.6 Å². The number of amides is 1. The minimum absolute atomic E-state index is 0.0773. The minimum atomic E-state index is -0.0773. The van der Waals surface area contributed by atoms with Gasteiger partial charge in [0.2, 0.25) is 5.91 Å². The highest BCUT2D eigenvalue weighted by atomic mass is 16.5. The number of carbonyl (C=O) groups excluding carboxylic acids is 1. The minimum Gasteiger partial charge on any atom is -0.493 e. The Morgan fingerprint density at radius 2 is 2.19 bits per heavy atom. The SMILES string of the molecule is CC(C)CN(CCCN)C(=O)C1CCOc2ccccc21. The monoisotopic (exact) mass is 290 g/mol. The number of benzene rings is 1. The fourth-order valence-corrected chi connectivity index (χ4v) is 2.83. The molecule has 1 heterocycles. The molecule has 0 fully saturated rings. The number of ether oxygens (including phenoxy) is 1. The molecule has 1 aromatic carbocycles. The number of nitrogens with zero attached hydrogens (tertiary/aromatic N) is 1. The van der Waals surface area contributed by atoms with Gasteiger partial charge in [0, 0.05) is 18.7 Å². The Morgan fingerprint density at radius 3 is 2.90 bits per heavy atom. The second-order valence-electron chi connectivity index (χ2n) is 6.05. The molecule has 1 unspecified atom stereocenters. The van der Waals surface area contributed by atoms with Crippen LogP contribution in [0.5, 0.6) is 5.75 Å². The standard InChI is InChI=1S/C17H26N2O2/c1-13(2)12-19(10-5-9-18)17(20)15-8-11-21-16-7-4-3-6-14(15)16/h3-4,6-7,13,15H,5,8-12,18H2,1-2H3. The summed E-state index contributed by atoms with van der Waals surface area (Å²) in [5, 5.41) is 0. The van der Waals surface area contributed by atoms with E-state index in [9.17, 15) is 4.79 Å². The van der Waals surface area contributed by atoms with E-state index in [1.54, 1.807) is 0 Å². The highest BCUT2D eigenvalue weighted by Crippen LogP contribution is 2.34. The van der Waals surface area contributed by atoms with Gasteiger partial charge in [0.05, 0.1) is 12.5 Å². The van der Waals surface area contributed by atoms with Crippen molar-refractivity contribution in [3.63, 3.8) is 0 Å². The Hall–Kier alpha value is -1.55. The maximum atomic E-state index is 12.9. The Labute approximate surface area is 127 Å². The lowest BCUT2D eigenvalue weighted by atomic mass is 9.91. The van der Waals surface area contributed by atoms with E-state index < -0.39 is 0 Å². The summed E-state index contributed by atoms with van der Waals surface area (Å²) in [5.74, 6) is 1.45. The van der Waals surface area contributed by atoms with Gasteiger partial charge in [0.15, 0.2) is 0 Å². The molecule has 1 aliphatic heterocycles. The summed E-state index contributed by atoms with van der Waals surface area (Å²) >= 11 is 0. The van der Waals surface area contributed by atoms with E-state index in [1.807, 2.05) is 29.2 Å². The second kappa shape index (κ2) is 7.46. The first kappa shape index (κ1) is 15.8. The molecule has 1 atom stereocenters. The van der Waals surface area contributed by atoms with E-state index in [-0.39, 0.29) is 11.8 Å². The zero-order valence-electron chi connectivity index (χ0n) is 13.0. The Morgan fingerprint density at radius 1 is 1.43 bits per heavy atom. The maximum Gasteiger partial charge on any atom is 0.230 e. The van der Waals surface area contributed by atoms with Crippen LogP contribution in [-0.2, 0) is 4.79 Å². The molecule has 1 aliphatic rings. The quantitative estimate of drug-likeness (QED) is 0.875. The molecule has 116 valence electrons. The van der Waals surface area contributed by atoms with E-state index in [0.29, 0.717) is 19.1 Å². The summed E-state index contributed by atoms with van der Waals surface area (Å²) in [6, 6.07) is 7.88. The number of nitrogens with two attached hydrogens (primary N) is 1. The van der Waals surface area contributed by atoms with Crippen molar-refractivity contribution in [3.8, 4) is 5.75 Å². The van der Waals surface area contributed by atoms with Gasteiger partial charge in [0.25, 0.3) is 0 Å². The molecule has 4 heteroatoms. The van der Waals surface area contributed by atoms with E-state index >= 15 is 0 Å². The molecule has 0 radical (unpaired) electrons. The number of para-hydroxylation sites is 1. The third kappa shape index (κ3) is 3.97. The first-order chi connectivity index (χ1) is 10.1. The number of carbonyl (C=O) groups is 1. The van der Waals surface area contributed by atoms with Gasteiger partial charge in [-0.2, -0.15) is 0 Å². The zero-order valence-corrected chi connectivity index (χ0v) is 13.0. The molecule has 1 aromatic rings. The predicted octanol–water partition coefficient (Wildman–Crippen LogP) is 2.39. The molecule has 1 amide bonds. The largest absolute Gasteiger partial charge is 0.493 e. The van der Waals surface area contributed by atoms with Crippen molar-refractivity contribution in [1.82, 2.24) is 4.90 Å². The van der Waals surface area contributed by atoms with Crippen LogP contribution in [0, 0.1) is 5.92 Å². The molecule has 0 saturated heterocycles. The van der Waals surface area contributed by atoms with Crippen molar-refractivity contribution in [2.75, 3.05) is 26.2 Å². The van der Waals surface area contributed by atoms with Crippen molar-refractivity contribution >= 4 is 5.91 Å². The van der Waals surface area contributed by atoms with Crippen LogP contribution in [0.4, 0.5) is 0 Å². The van der Waals surface area contributed by atoms with Crippen LogP contribution in [0.1, 0.15) is 38.2 Å². The normalized spacial score (nSPS) is 17.2. The summed E-state index contributed by atoms with van der Waals surface area (Å²) in [5.41, 5.74) is 6.63. The molecular formula is C17H26N2O2. The lowest BCUT2D eigenvalue weighted by molar-refractivity contribution is -0.134. The summed E-state index contributed by atoms with van der Waals surface area (Å²) in [4.78, 5) is 14.9. The van der Waals surface area contributed by atoms with Gasteiger partial charge < -0.3 is 15.4 Å². The average Bonchev–Trinajstić information content (AvgIpc) is 2.50. The van der Waals surface area contributed by atoms with E-state index in [2.05, 4.69) is 13.8 Å². The summed E-state index contributed by atoms with van der Waals surface area (Å²) in [6.45, 7) is 7.04. The van der Waals surface area contributed by atoms with Crippen LogP contribution < -0.4 is 10.5 Å². The van der Waals surface area contributed by atoms with Gasteiger partial charge in [-0.1, -0.05) is 32.0 Å². The van der Waals surface area contributed by atoms with Crippen LogP contribution >= 0.6 is 0 Å². The van der Waals surface area contributed by atoms with Crippen molar-refractivity contribution < 1.29 is 9.53 Å². The zero-order chi connectivity index (χ0) is 15.2. The lowest BCUT2D eigenvalue weighted by Crippen LogP contribution is -2.40. The number of rotatable bonds is 6. The number of hydrogen-bond donors (Lipinski definition) is 1. The fourth-order valence-electron chi connectivity index (χ4n) is 2.83. The smallest absolute Gasteiger partial charge is 0.230 e. The second-order valence-corrected chi connectivity index (χ2v) is 6.05. The van der Waals surface area contributed by atoms with E-state index in [0.717, 1.165) is 37.2 Å². The van der Waals surface area contributed by atoms with E-state index in [1.165, 1.54) is 0 Å². The van der Waals surface area contributed by atoms with Crippen LogP contribution in [0.2, 0.25) is 0 Å². The number of fused-ring (bicyclic) bond motifs is 1. The van der Waals surface area contributed by atoms with Crippen LogP contribution in [0.3, 0.4) is 0 Å².